The lowest BCUT2D eigenvalue weighted by Gasteiger charge is -2.08. The van der Waals surface area contributed by atoms with Gasteiger partial charge in [-0.25, -0.2) is 4.98 Å². The number of aryl methyl sites for hydroxylation is 1. The van der Waals surface area contributed by atoms with Crippen molar-refractivity contribution in [3.8, 4) is 22.8 Å². The van der Waals surface area contributed by atoms with Crippen molar-refractivity contribution in [3.63, 3.8) is 0 Å². The van der Waals surface area contributed by atoms with E-state index in [9.17, 15) is 4.79 Å². The van der Waals surface area contributed by atoms with E-state index in [2.05, 4.69) is 10.3 Å². The molecule has 5 nitrogen and oxygen atoms in total. The third-order valence-electron chi connectivity index (χ3n) is 3.76. The molecule has 3 rings (SSSR count). The minimum atomic E-state index is -0.310. The number of methoxy groups -OCH3 is 2. The number of amides is 1. The molecule has 1 amide bonds. The van der Waals surface area contributed by atoms with Crippen molar-refractivity contribution >= 4 is 34.0 Å². The molecule has 7 heteroatoms. The van der Waals surface area contributed by atoms with E-state index in [1.165, 1.54) is 18.4 Å². The summed E-state index contributed by atoms with van der Waals surface area (Å²) < 4.78 is 10.6. The SMILES string of the molecule is COc1cc(Cl)ccc1C(=O)Nc1nc(-c2cc(C)ccc2OC)cs1. The molecule has 0 spiro atoms. The summed E-state index contributed by atoms with van der Waals surface area (Å²) in [5.41, 5.74) is 3.12. The first-order valence-corrected chi connectivity index (χ1v) is 9.03. The number of halogens is 1. The molecule has 0 saturated heterocycles. The number of carbonyl (C=O) groups is 1. The van der Waals surface area contributed by atoms with Gasteiger partial charge in [0.05, 0.1) is 25.5 Å². The van der Waals surface area contributed by atoms with Crippen LogP contribution in [0.1, 0.15) is 15.9 Å². The minimum Gasteiger partial charge on any atom is -0.496 e. The van der Waals surface area contributed by atoms with E-state index in [1.807, 2.05) is 30.5 Å². The molecule has 0 fully saturated rings. The van der Waals surface area contributed by atoms with Gasteiger partial charge in [0, 0.05) is 16.0 Å². The van der Waals surface area contributed by atoms with E-state index in [0.717, 1.165) is 22.6 Å². The van der Waals surface area contributed by atoms with Gasteiger partial charge in [0.2, 0.25) is 0 Å². The van der Waals surface area contributed by atoms with E-state index in [1.54, 1.807) is 25.3 Å². The van der Waals surface area contributed by atoms with Crippen LogP contribution in [0.25, 0.3) is 11.3 Å². The quantitative estimate of drug-likeness (QED) is 0.665. The number of hydrogen-bond acceptors (Lipinski definition) is 5. The van der Waals surface area contributed by atoms with Crippen LogP contribution in [0.2, 0.25) is 5.02 Å². The molecule has 134 valence electrons. The number of ether oxygens (including phenoxy) is 2. The Morgan fingerprint density at radius 3 is 2.62 bits per heavy atom. The summed E-state index contributed by atoms with van der Waals surface area (Å²) in [5.74, 6) is 0.834. The smallest absolute Gasteiger partial charge is 0.261 e. The summed E-state index contributed by atoms with van der Waals surface area (Å²) in [6.45, 7) is 2.00. The average molecular weight is 389 g/mol. The third kappa shape index (κ3) is 3.81. The Bertz CT molecular complexity index is 956. The van der Waals surface area contributed by atoms with Crippen LogP contribution in [0.3, 0.4) is 0 Å². The van der Waals surface area contributed by atoms with E-state index in [0.29, 0.717) is 21.5 Å². The monoisotopic (exact) mass is 388 g/mol. The van der Waals surface area contributed by atoms with E-state index >= 15 is 0 Å². The fourth-order valence-electron chi connectivity index (χ4n) is 2.49. The maximum Gasteiger partial charge on any atom is 0.261 e. The van der Waals surface area contributed by atoms with Gasteiger partial charge in [-0.15, -0.1) is 11.3 Å². The van der Waals surface area contributed by atoms with E-state index in [4.69, 9.17) is 21.1 Å². The van der Waals surface area contributed by atoms with Gasteiger partial charge in [0.15, 0.2) is 5.13 Å². The van der Waals surface area contributed by atoms with Crippen molar-refractivity contribution in [1.82, 2.24) is 4.98 Å². The number of aromatic nitrogens is 1. The van der Waals surface area contributed by atoms with Crippen molar-refractivity contribution in [3.05, 3.63) is 57.9 Å². The number of hydrogen-bond donors (Lipinski definition) is 1. The number of carbonyl (C=O) groups excluding carboxylic acids is 1. The van der Waals surface area contributed by atoms with Gasteiger partial charge < -0.3 is 9.47 Å². The van der Waals surface area contributed by atoms with Crippen molar-refractivity contribution in [2.45, 2.75) is 6.92 Å². The standard InChI is InChI=1S/C19H17ClN2O3S/c1-11-4-7-16(24-2)14(8-11)15-10-26-19(21-15)22-18(23)13-6-5-12(20)9-17(13)25-3/h4-10H,1-3H3,(H,21,22,23). The molecular weight excluding hydrogens is 372 g/mol. The highest BCUT2D eigenvalue weighted by atomic mass is 35.5. The van der Waals surface area contributed by atoms with Crippen molar-refractivity contribution in [1.29, 1.82) is 0 Å². The molecule has 2 aromatic carbocycles. The van der Waals surface area contributed by atoms with Gasteiger partial charge in [-0.3, -0.25) is 10.1 Å². The first kappa shape index (κ1) is 18.2. The van der Waals surface area contributed by atoms with Gasteiger partial charge in [0.1, 0.15) is 11.5 Å². The Balaban J connectivity index is 1.85. The van der Waals surface area contributed by atoms with Gasteiger partial charge in [-0.2, -0.15) is 0 Å². The molecular formula is C19H17ClN2O3S. The lowest BCUT2D eigenvalue weighted by atomic mass is 10.1. The van der Waals surface area contributed by atoms with Gasteiger partial charge in [-0.05, 0) is 37.3 Å². The lowest BCUT2D eigenvalue weighted by Crippen LogP contribution is -2.13. The number of rotatable bonds is 5. The van der Waals surface area contributed by atoms with Crippen LogP contribution in [-0.4, -0.2) is 25.1 Å². The van der Waals surface area contributed by atoms with Gasteiger partial charge >= 0.3 is 0 Å². The normalized spacial score (nSPS) is 10.5. The maximum atomic E-state index is 12.5. The largest absolute Gasteiger partial charge is 0.496 e. The van der Waals surface area contributed by atoms with Crippen LogP contribution >= 0.6 is 22.9 Å². The number of thiazole rings is 1. The second-order valence-corrected chi connectivity index (χ2v) is 6.83. The summed E-state index contributed by atoms with van der Waals surface area (Å²) in [6.07, 6.45) is 0. The summed E-state index contributed by atoms with van der Waals surface area (Å²) >= 11 is 7.28. The van der Waals surface area contributed by atoms with Crippen LogP contribution in [0, 0.1) is 6.92 Å². The summed E-state index contributed by atoms with van der Waals surface area (Å²) in [6, 6.07) is 10.7. The lowest BCUT2D eigenvalue weighted by molar-refractivity contribution is 0.102. The summed E-state index contributed by atoms with van der Waals surface area (Å²) in [7, 11) is 3.12. The third-order valence-corrected chi connectivity index (χ3v) is 4.76. The zero-order valence-electron chi connectivity index (χ0n) is 14.5. The average Bonchev–Trinajstić information content (AvgIpc) is 3.09. The Morgan fingerprint density at radius 1 is 1.12 bits per heavy atom. The highest BCUT2D eigenvalue weighted by Gasteiger charge is 2.16. The molecule has 1 heterocycles. The first-order valence-electron chi connectivity index (χ1n) is 7.77. The Morgan fingerprint density at radius 2 is 1.88 bits per heavy atom. The summed E-state index contributed by atoms with van der Waals surface area (Å²) in [5, 5.41) is 5.67. The zero-order chi connectivity index (χ0) is 18.7. The Hall–Kier alpha value is -2.57. The zero-order valence-corrected chi connectivity index (χ0v) is 16.1. The number of anilines is 1. The molecule has 0 radical (unpaired) electrons. The fourth-order valence-corrected chi connectivity index (χ4v) is 3.36. The summed E-state index contributed by atoms with van der Waals surface area (Å²) in [4.78, 5) is 17.0. The molecule has 0 bridgehead atoms. The predicted octanol–water partition coefficient (Wildman–Crippen LogP) is 5.04. The number of nitrogens with one attached hydrogen (secondary N) is 1. The second-order valence-electron chi connectivity index (χ2n) is 5.54. The highest BCUT2D eigenvalue weighted by molar-refractivity contribution is 7.14. The first-order chi connectivity index (χ1) is 12.5. The molecule has 3 aromatic rings. The Kier molecular flexibility index (Phi) is 5.44. The fraction of sp³-hybridized carbons (Fsp3) is 0.158. The maximum absolute atomic E-state index is 12.5. The second kappa shape index (κ2) is 7.76. The van der Waals surface area contributed by atoms with Gasteiger partial charge in [0.25, 0.3) is 5.91 Å². The molecule has 0 aliphatic rings. The van der Waals surface area contributed by atoms with Crippen LogP contribution in [0.5, 0.6) is 11.5 Å². The van der Waals surface area contributed by atoms with Crippen molar-refractivity contribution < 1.29 is 14.3 Å². The minimum absolute atomic E-state index is 0.310. The van der Waals surface area contributed by atoms with Crippen LogP contribution in [-0.2, 0) is 0 Å². The molecule has 0 atom stereocenters. The Labute approximate surface area is 160 Å². The van der Waals surface area contributed by atoms with Crippen LogP contribution in [0.4, 0.5) is 5.13 Å². The highest BCUT2D eigenvalue weighted by Crippen LogP contribution is 2.33. The van der Waals surface area contributed by atoms with Crippen molar-refractivity contribution in [2.75, 3.05) is 19.5 Å². The van der Waals surface area contributed by atoms with Crippen LogP contribution in [0.15, 0.2) is 41.8 Å². The molecule has 0 aliphatic carbocycles. The van der Waals surface area contributed by atoms with E-state index in [-0.39, 0.29) is 5.91 Å². The van der Waals surface area contributed by atoms with Crippen molar-refractivity contribution in [2.24, 2.45) is 0 Å². The van der Waals surface area contributed by atoms with Gasteiger partial charge in [-0.1, -0.05) is 23.2 Å². The molecule has 26 heavy (non-hydrogen) atoms. The number of nitrogens with zero attached hydrogens (tertiary/aromatic N) is 1. The number of benzene rings is 2. The van der Waals surface area contributed by atoms with Crippen LogP contribution < -0.4 is 14.8 Å². The van der Waals surface area contributed by atoms with E-state index < -0.39 is 0 Å². The molecule has 0 unspecified atom stereocenters. The molecule has 0 aliphatic heterocycles. The molecule has 0 saturated carbocycles. The molecule has 1 N–H and O–H groups in total. The topological polar surface area (TPSA) is 60.5 Å². The predicted molar refractivity (Wildman–Crippen MR) is 105 cm³/mol. The molecule has 1 aromatic heterocycles.